The summed E-state index contributed by atoms with van der Waals surface area (Å²) in [6, 6.07) is 7.98. The Labute approximate surface area is 146 Å². The van der Waals surface area contributed by atoms with Crippen LogP contribution in [-0.2, 0) is 10.2 Å². The molecule has 2 amide bonds. The molecular formula is C19H23FN2O3. The number of amides is 2. The smallest absolute Gasteiger partial charge is 0.287 e. The summed E-state index contributed by atoms with van der Waals surface area (Å²) in [5.41, 5.74) is 0.159. The van der Waals surface area contributed by atoms with Gasteiger partial charge in [0.1, 0.15) is 5.82 Å². The highest BCUT2D eigenvalue weighted by Crippen LogP contribution is 2.25. The summed E-state index contributed by atoms with van der Waals surface area (Å²) in [4.78, 5) is 24.2. The zero-order valence-corrected chi connectivity index (χ0v) is 14.7. The number of nitrogens with one attached hydrogen (secondary N) is 2. The number of aryl methyl sites for hydroxylation is 1. The lowest BCUT2D eigenvalue weighted by molar-refractivity contribution is -0.125. The van der Waals surface area contributed by atoms with E-state index in [1.807, 2.05) is 0 Å². The maximum absolute atomic E-state index is 13.9. The van der Waals surface area contributed by atoms with Gasteiger partial charge in [-0.3, -0.25) is 9.59 Å². The fourth-order valence-electron chi connectivity index (χ4n) is 2.49. The van der Waals surface area contributed by atoms with E-state index in [-0.39, 0.29) is 11.8 Å². The minimum absolute atomic E-state index is 0.259. The Morgan fingerprint density at radius 1 is 1.12 bits per heavy atom. The molecule has 0 saturated carbocycles. The third-order valence-electron chi connectivity index (χ3n) is 4.11. The molecule has 0 radical (unpaired) electrons. The van der Waals surface area contributed by atoms with Crippen LogP contribution in [0.25, 0.3) is 0 Å². The Bertz CT molecular complexity index is 753. The van der Waals surface area contributed by atoms with Gasteiger partial charge in [0.15, 0.2) is 5.76 Å². The number of carbonyl (C=O) groups excluding carboxylic acids is 2. The Kier molecular flexibility index (Phi) is 5.96. The van der Waals surface area contributed by atoms with Gasteiger partial charge in [-0.25, -0.2) is 4.39 Å². The van der Waals surface area contributed by atoms with Crippen LogP contribution in [-0.4, -0.2) is 24.9 Å². The number of halogens is 1. The van der Waals surface area contributed by atoms with Crippen molar-refractivity contribution in [3.63, 3.8) is 0 Å². The van der Waals surface area contributed by atoms with Gasteiger partial charge in [-0.05, 0) is 39.3 Å². The van der Waals surface area contributed by atoms with E-state index in [1.165, 1.54) is 12.3 Å². The van der Waals surface area contributed by atoms with Crippen LogP contribution >= 0.6 is 0 Å². The molecule has 0 fully saturated rings. The van der Waals surface area contributed by atoms with Crippen molar-refractivity contribution in [1.29, 1.82) is 0 Å². The SMILES string of the molecule is Cc1ccoc1C(=O)NCCCNC(=O)C(C)(C)c1ccccc1F. The second-order valence-corrected chi connectivity index (χ2v) is 6.40. The molecule has 1 heterocycles. The molecule has 2 N–H and O–H groups in total. The predicted octanol–water partition coefficient (Wildman–Crippen LogP) is 2.94. The van der Waals surface area contributed by atoms with Crippen LogP contribution in [0.15, 0.2) is 41.0 Å². The molecule has 0 atom stereocenters. The van der Waals surface area contributed by atoms with E-state index in [0.717, 1.165) is 5.56 Å². The molecule has 0 aliphatic rings. The molecule has 1 aromatic carbocycles. The summed E-state index contributed by atoms with van der Waals surface area (Å²) in [6.45, 7) is 5.95. The van der Waals surface area contributed by atoms with Gasteiger partial charge in [-0.15, -0.1) is 0 Å². The average molecular weight is 346 g/mol. The number of hydrogen-bond acceptors (Lipinski definition) is 3. The van der Waals surface area contributed by atoms with Gasteiger partial charge in [0.2, 0.25) is 5.91 Å². The first-order valence-electron chi connectivity index (χ1n) is 8.19. The molecule has 0 spiro atoms. The van der Waals surface area contributed by atoms with Gasteiger partial charge in [-0.2, -0.15) is 0 Å². The first-order valence-corrected chi connectivity index (χ1v) is 8.19. The van der Waals surface area contributed by atoms with Crippen LogP contribution in [0, 0.1) is 12.7 Å². The van der Waals surface area contributed by atoms with Crippen LogP contribution in [0.2, 0.25) is 0 Å². The number of furan rings is 1. The van der Waals surface area contributed by atoms with Crippen LogP contribution < -0.4 is 10.6 Å². The van der Waals surface area contributed by atoms with Crippen molar-refractivity contribution < 1.29 is 18.4 Å². The first-order chi connectivity index (χ1) is 11.8. The van der Waals surface area contributed by atoms with E-state index >= 15 is 0 Å². The van der Waals surface area contributed by atoms with Gasteiger partial charge in [0.05, 0.1) is 11.7 Å². The molecule has 0 aliphatic heterocycles. The van der Waals surface area contributed by atoms with Gasteiger partial charge in [0.25, 0.3) is 5.91 Å². The summed E-state index contributed by atoms with van der Waals surface area (Å²) in [6.07, 6.45) is 2.03. The van der Waals surface area contributed by atoms with Crippen LogP contribution in [0.1, 0.15) is 41.9 Å². The molecule has 0 bridgehead atoms. The monoisotopic (exact) mass is 346 g/mol. The topological polar surface area (TPSA) is 71.3 Å². The normalized spacial score (nSPS) is 11.2. The number of benzene rings is 1. The molecule has 1 aromatic heterocycles. The van der Waals surface area contributed by atoms with Crippen LogP contribution in [0.4, 0.5) is 4.39 Å². The Morgan fingerprint density at radius 2 is 1.80 bits per heavy atom. The van der Waals surface area contributed by atoms with Gasteiger partial charge in [0, 0.05) is 24.2 Å². The quantitative estimate of drug-likeness (QED) is 0.757. The van der Waals surface area contributed by atoms with Crippen molar-refractivity contribution >= 4 is 11.8 Å². The Balaban J connectivity index is 1.78. The molecule has 25 heavy (non-hydrogen) atoms. The summed E-state index contributed by atoms with van der Waals surface area (Å²) < 4.78 is 19.0. The maximum Gasteiger partial charge on any atom is 0.287 e. The molecule has 134 valence electrons. The highest BCUT2D eigenvalue weighted by molar-refractivity contribution is 5.92. The van der Waals surface area contributed by atoms with E-state index in [0.29, 0.717) is 30.8 Å². The van der Waals surface area contributed by atoms with Crippen molar-refractivity contribution in [2.24, 2.45) is 0 Å². The van der Waals surface area contributed by atoms with E-state index in [1.54, 1.807) is 45.0 Å². The summed E-state index contributed by atoms with van der Waals surface area (Å²) in [5, 5.41) is 5.52. The van der Waals surface area contributed by atoms with E-state index in [4.69, 9.17) is 4.42 Å². The van der Waals surface area contributed by atoms with E-state index in [2.05, 4.69) is 10.6 Å². The minimum atomic E-state index is -0.972. The fourth-order valence-corrected chi connectivity index (χ4v) is 2.49. The van der Waals surface area contributed by atoms with Crippen LogP contribution in [0.5, 0.6) is 0 Å². The fraction of sp³-hybridized carbons (Fsp3) is 0.368. The van der Waals surface area contributed by atoms with E-state index in [9.17, 15) is 14.0 Å². The highest BCUT2D eigenvalue weighted by Gasteiger charge is 2.31. The van der Waals surface area contributed by atoms with Gasteiger partial charge in [-0.1, -0.05) is 18.2 Å². The second kappa shape index (κ2) is 7.96. The first kappa shape index (κ1) is 18.7. The van der Waals surface area contributed by atoms with Gasteiger partial charge >= 0.3 is 0 Å². The van der Waals surface area contributed by atoms with Crippen molar-refractivity contribution in [2.75, 3.05) is 13.1 Å². The number of rotatable bonds is 7. The third-order valence-corrected chi connectivity index (χ3v) is 4.11. The maximum atomic E-state index is 13.9. The molecule has 6 heteroatoms. The Hall–Kier alpha value is -2.63. The molecular weight excluding hydrogens is 323 g/mol. The van der Waals surface area contributed by atoms with Crippen molar-refractivity contribution in [2.45, 2.75) is 32.6 Å². The highest BCUT2D eigenvalue weighted by atomic mass is 19.1. The second-order valence-electron chi connectivity index (χ2n) is 6.40. The molecule has 2 rings (SSSR count). The van der Waals surface area contributed by atoms with Crippen LogP contribution in [0.3, 0.4) is 0 Å². The number of hydrogen-bond donors (Lipinski definition) is 2. The minimum Gasteiger partial charge on any atom is -0.459 e. The van der Waals surface area contributed by atoms with Crippen molar-refractivity contribution in [1.82, 2.24) is 10.6 Å². The van der Waals surface area contributed by atoms with Gasteiger partial charge < -0.3 is 15.1 Å². The lowest BCUT2D eigenvalue weighted by Gasteiger charge is -2.24. The number of carbonyl (C=O) groups is 2. The zero-order chi connectivity index (χ0) is 18.4. The summed E-state index contributed by atoms with van der Waals surface area (Å²) in [7, 11) is 0. The van der Waals surface area contributed by atoms with E-state index < -0.39 is 11.2 Å². The molecule has 5 nitrogen and oxygen atoms in total. The molecule has 0 unspecified atom stereocenters. The summed E-state index contributed by atoms with van der Waals surface area (Å²) in [5.74, 6) is -0.639. The lowest BCUT2D eigenvalue weighted by atomic mass is 9.83. The predicted molar refractivity (Wildman–Crippen MR) is 92.8 cm³/mol. The third kappa shape index (κ3) is 4.47. The molecule has 2 aromatic rings. The summed E-state index contributed by atoms with van der Waals surface area (Å²) >= 11 is 0. The van der Waals surface area contributed by atoms with Crippen molar-refractivity contribution in [3.8, 4) is 0 Å². The molecule has 0 saturated heterocycles. The lowest BCUT2D eigenvalue weighted by Crippen LogP contribution is -2.41. The Morgan fingerprint density at radius 3 is 2.44 bits per heavy atom. The molecule has 0 aliphatic carbocycles. The zero-order valence-electron chi connectivity index (χ0n) is 14.7. The largest absolute Gasteiger partial charge is 0.459 e. The standard InChI is InChI=1S/C19H23FN2O3/c1-13-9-12-25-16(13)17(23)21-10-6-11-22-18(24)19(2,3)14-7-4-5-8-15(14)20/h4-5,7-9,12H,6,10-11H2,1-3H3,(H,21,23)(H,22,24). The van der Waals surface area contributed by atoms with Crippen molar-refractivity contribution in [3.05, 3.63) is 59.3 Å². The average Bonchev–Trinajstić information content (AvgIpc) is 3.00.